The molecule has 0 radical (unpaired) electrons. The van der Waals surface area contributed by atoms with Crippen molar-refractivity contribution in [2.24, 2.45) is 10.3 Å². The van der Waals surface area contributed by atoms with Crippen molar-refractivity contribution >= 4 is 23.0 Å². The molecule has 0 aliphatic carbocycles. The van der Waals surface area contributed by atoms with Gasteiger partial charge in [-0.2, -0.15) is 5.10 Å². The Morgan fingerprint density at radius 1 is 1.33 bits per heavy atom. The average Bonchev–Trinajstić information content (AvgIpc) is 2.58. The molecule has 0 unspecified atom stereocenters. The van der Waals surface area contributed by atoms with Crippen LogP contribution in [0, 0.1) is 4.91 Å². The second-order valence-corrected chi connectivity index (χ2v) is 3.33. The zero-order valence-electron chi connectivity index (χ0n) is 8.17. The molecule has 0 aromatic heterocycles. The van der Waals surface area contributed by atoms with Crippen LogP contribution >= 0.6 is 0 Å². The van der Waals surface area contributed by atoms with Gasteiger partial charge in [0.1, 0.15) is 5.69 Å². The Hall–Kier alpha value is -2.04. The Balaban J connectivity index is 2.30. The smallest absolute Gasteiger partial charge is 0.253 e. The van der Waals surface area contributed by atoms with E-state index >= 15 is 0 Å². The minimum atomic E-state index is -0.0562. The van der Waals surface area contributed by atoms with Gasteiger partial charge in [-0.05, 0) is 36.4 Å². The lowest BCUT2D eigenvalue weighted by Gasteiger charge is -2.10. The van der Waals surface area contributed by atoms with Crippen LogP contribution in [-0.4, -0.2) is 11.6 Å². The lowest BCUT2D eigenvalue weighted by Crippen LogP contribution is -2.19. The molecule has 76 valence electrons. The van der Waals surface area contributed by atoms with Crippen LogP contribution in [0.5, 0.6) is 0 Å². The summed E-state index contributed by atoms with van der Waals surface area (Å²) in [5.41, 5.74) is 1.79. The summed E-state index contributed by atoms with van der Waals surface area (Å²) in [6.45, 7) is 1.80. The molecule has 1 aromatic rings. The maximum absolute atomic E-state index is 11.5. The molecule has 0 N–H and O–H groups in total. The van der Waals surface area contributed by atoms with Crippen LogP contribution in [-0.2, 0) is 4.79 Å². The lowest BCUT2D eigenvalue weighted by atomic mass is 10.2. The van der Waals surface area contributed by atoms with Gasteiger partial charge in [-0.1, -0.05) is 0 Å². The van der Waals surface area contributed by atoms with Gasteiger partial charge in [0.25, 0.3) is 5.91 Å². The van der Waals surface area contributed by atoms with Crippen molar-refractivity contribution in [3.63, 3.8) is 0 Å². The summed E-state index contributed by atoms with van der Waals surface area (Å²) in [7, 11) is 0. The van der Waals surface area contributed by atoms with Crippen molar-refractivity contribution in [1.82, 2.24) is 0 Å². The Kier molecular flexibility index (Phi) is 2.29. The number of hydrogen-bond donors (Lipinski definition) is 0. The monoisotopic (exact) mass is 203 g/mol. The quantitative estimate of drug-likeness (QED) is 0.691. The number of nitrogens with zero attached hydrogens (tertiary/aromatic N) is 3. The molecular weight excluding hydrogens is 194 g/mol. The number of carbonyl (C=O) groups is 1. The zero-order chi connectivity index (χ0) is 10.8. The van der Waals surface area contributed by atoms with Gasteiger partial charge in [-0.15, -0.1) is 4.91 Å². The van der Waals surface area contributed by atoms with Crippen molar-refractivity contribution in [3.05, 3.63) is 29.2 Å². The largest absolute Gasteiger partial charge is 0.272 e. The molecule has 0 fully saturated rings. The Morgan fingerprint density at radius 2 is 2.00 bits per heavy atom. The third kappa shape index (κ3) is 1.76. The van der Waals surface area contributed by atoms with E-state index in [2.05, 4.69) is 10.3 Å². The van der Waals surface area contributed by atoms with Crippen LogP contribution in [0.1, 0.15) is 13.3 Å². The van der Waals surface area contributed by atoms with Crippen molar-refractivity contribution in [2.75, 3.05) is 5.01 Å². The van der Waals surface area contributed by atoms with Gasteiger partial charge in [0.15, 0.2) is 0 Å². The Morgan fingerprint density at radius 3 is 2.47 bits per heavy atom. The molecule has 2 rings (SSSR count). The zero-order valence-corrected chi connectivity index (χ0v) is 8.17. The van der Waals surface area contributed by atoms with Gasteiger partial charge >= 0.3 is 0 Å². The predicted octanol–water partition coefficient (Wildman–Crippen LogP) is 2.20. The molecule has 0 saturated carbocycles. The summed E-state index contributed by atoms with van der Waals surface area (Å²) in [5, 5.41) is 8.21. The third-order valence-corrected chi connectivity index (χ3v) is 2.11. The molecule has 1 heterocycles. The Bertz CT molecular complexity index is 436. The normalized spacial score (nSPS) is 15.4. The fourth-order valence-electron chi connectivity index (χ4n) is 1.41. The number of carbonyl (C=O) groups excluding carboxylic acids is 1. The highest BCUT2D eigenvalue weighted by molar-refractivity contribution is 6.12. The van der Waals surface area contributed by atoms with Crippen LogP contribution in [0.2, 0.25) is 0 Å². The molecular formula is C10H9N3O2. The first-order valence-electron chi connectivity index (χ1n) is 4.51. The summed E-state index contributed by atoms with van der Waals surface area (Å²) in [4.78, 5) is 21.7. The molecule has 0 atom stereocenters. The van der Waals surface area contributed by atoms with Crippen molar-refractivity contribution in [2.45, 2.75) is 13.3 Å². The van der Waals surface area contributed by atoms with E-state index in [1.54, 1.807) is 31.2 Å². The Labute approximate surface area is 86.4 Å². The SMILES string of the molecule is CC1=NN(c2ccc(N=O)cc2)C(=O)C1. The highest BCUT2D eigenvalue weighted by atomic mass is 16.3. The summed E-state index contributed by atoms with van der Waals surface area (Å²) < 4.78 is 0. The van der Waals surface area contributed by atoms with Crippen LogP contribution in [0.25, 0.3) is 0 Å². The molecule has 1 aliphatic heterocycles. The van der Waals surface area contributed by atoms with E-state index in [9.17, 15) is 9.70 Å². The summed E-state index contributed by atoms with van der Waals surface area (Å²) in [5.74, 6) is -0.0562. The molecule has 0 bridgehead atoms. The highest BCUT2D eigenvalue weighted by Crippen LogP contribution is 2.23. The topological polar surface area (TPSA) is 62.1 Å². The average molecular weight is 203 g/mol. The first kappa shape index (κ1) is 9.51. The fraction of sp³-hybridized carbons (Fsp3) is 0.200. The highest BCUT2D eigenvalue weighted by Gasteiger charge is 2.22. The lowest BCUT2D eigenvalue weighted by molar-refractivity contribution is -0.116. The van der Waals surface area contributed by atoms with Gasteiger partial charge in [-0.25, -0.2) is 5.01 Å². The van der Waals surface area contributed by atoms with E-state index in [4.69, 9.17) is 0 Å². The summed E-state index contributed by atoms with van der Waals surface area (Å²) >= 11 is 0. The first-order chi connectivity index (χ1) is 7.20. The maximum atomic E-state index is 11.5. The van der Waals surface area contributed by atoms with E-state index in [1.807, 2.05) is 0 Å². The first-order valence-corrected chi connectivity index (χ1v) is 4.51. The van der Waals surface area contributed by atoms with E-state index in [1.165, 1.54) is 5.01 Å². The second-order valence-electron chi connectivity index (χ2n) is 3.33. The molecule has 1 aromatic carbocycles. The van der Waals surface area contributed by atoms with Crippen LogP contribution in [0.3, 0.4) is 0 Å². The van der Waals surface area contributed by atoms with E-state index in [0.29, 0.717) is 17.8 Å². The predicted molar refractivity (Wildman–Crippen MR) is 57.1 cm³/mol. The number of rotatable bonds is 2. The van der Waals surface area contributed by atoms with Crippen LogP contribution < -0.4 is 5.01 Å². The van der Waals surface area contributed by atoms with Gasteiger partial charge in [0.2, 0.25) is 0 Å². The maximum Gasteiger partial charge on any atom is 0.253 e. The van der Waals surface area contributed by atoms with E-state index in [-0.39, 0.29) is 5.91 Å². The molecule has 5 nitrogen and oxygen atoms in total. The van der Waals surface area contributed by atoms with Gasteiger partial charge in [0.05, 0.1) is 12.1 Å². The molecule has 1 aliphatic rings. The van der Waals surface area contributed by atoms with Gasteiger partial charge in [0, 0.05) is 5.71 Å². The van der Waals surface area contributed by atoms with Crippen LogP contribution in [0.15, 0.2) is 34.5 Å². The van der Waals surface area contributed by atoms with Gasteiger partial charge < -0.3 is 0 Å². The minimum absolute atomic E-state index is 0.0562. The summed E-state index contributed by atoms with van der Waals surface area (Å²) in [6.07, 6.45) is 0.355. The fourth-order valence-corrected chi connectivity index (χ4v) is 1.41. The molecule has 5 heteroatoms. The van der Waals surface area contributed by atoms with E-state index in [0.717, 1.165) is 5.71 Å². The molecule has 0 saturated heterocycles. The number of hydrogen-bond acceptors (Lipinski definition) is 4. The number of anilines is 1. The number of amides is 1. The van der Waals surface area contributed by atoms with Crippen molar-refractivity contribution in [1.29, 1.82) is 0 Å². The number of nitroso groups, excluding NO2 is 1. The van der Waals surface area contributed by atoms with Crippen LogP contribution in [0.4, 0.5) is 11.4 Å². The molecule has 1 amide bonds. The molecule has 15 heavy (non-hydrogen) atoms. The van der Waals surface area contributed by atoms with Crippen molar-refractivity contribution in [3.8, 4) is 0 Å². The number of hydrazone groups is 1. The van der Waals surface area contributed by atoms with E-state index < -0.39 is 0 Å². The number of benzene rings is 1. The third-order valence-electron chi connectivity index (χ3n) is 2.11. The molecule has 0 spiro atoms. The minimum Gasteiger partial charge on any atom is -0.272 e. The second kappa shape index (κ2) is 3.61. The summed E-state index contributed by atoms with van der Waals surface area (Å²) in [6, 6.07) is 6.41. The standard InChI is InChI=1S/C10H9N3O2/c1-7-6-10(14)13(11-7)9-4-2-8(12-15)3-5-9/h2-5H,6H2,1H3. The van der Waals surface area contributed by atoms with Crippen molar-refractivity contribution < 1.29 is 4.79 Å². The van der Waals surface area contributed by atoms with Gasteiger partial charge in [-0.3, -0.25) is 4.79 Å².